The first kappa shape index (κ1) is 21.7. The topological polar surface area (TPSA) is 99.6 Å². The number of rotatable bonds is 8. The summed E-state index contributed by atoms with van der Waals surface area (Å²) >= 11 is 6.07. The van der Waals surface area contributed by atoms with Crippen LogP contribution in [-0.2, 0) is 22.7 Å². The molecular weight excluding hydrogens is 392 g/mol. The van der Waals surface area contributed by atoms with Crippen molar-refractivity contribution >= 4 is 23.5 Å². The maximum Gasteiger partial charge on any atom is 0.271 e. The molecule has 0 aromatic heterocycles. The van der Waals surface area contributed by atoms with E-state index in [0.29, 0.717) is 11.1 Å². The van der Waals surface area contributed by atoms with E-state index < -0.39 is 35.8 Å². The molecule has 4 N–H and O–H groups in total. The van der Waals surface area contributed by atoms with Crippen LogP contribution in [0.3, 0.4) is 0 Å². The van der Waals surface area contributed by atoms with Crippen LogP contribution in [-0.4, -0.2) is 27.9 Å². The van der Waals surface area contributed by atoms with Gasteiger partial charge in [0.2, 0.25) is 0 Å². The summed E-state index contributed by atoms with van der Waals surface area (Å²) in [6, 6.07) is 8.50. The summed E-state index contributed by atoms with van der Waals surface area (Å²) in [5.74, 6) is -2.98. The van der Waals surface area contributed by atoms with Crippen molar-refractivity contribution in [1.82, 2.24) is 4.42 Å². The van der Waals surface area contributed by atoms with Gasteiger partial charge in [0.15, 0.2) is 6.10 Å². The van der Waals surface area contributed by atoms with Crippen LogP contribution in [0.2, 0.25) is 0 Å². The maximum atomic E-state index is 14.6. The van der Waals surface area contributed by atoms with Crippen LogP contribution in [0.1, 0.15) is 35.3 Å². The first-order valence-electron chi connectivity index (χ1n) is 8.39. The standard InChI is InChI=1S/C19H20ClF2N3O3/c1-2-28-17(15-14(21)8-7-13(10-26)16(15)22)19(27)25(20)9-11-3-5-12(6-4-11)18(23)24/h3-8,17,26H,2,9-10H2,1H3,(H3,23,24). The number of carbonyl (C=O) groups excluding carboxylic acids is 1. The highest BCUT2D eigenvalue weighted by molar-refractivity contribution is 6.21. The van der Waals surface area contributed by atoms with E-state index in [1.165, 1.54) is 0 Å². The van der Waals surface area contributed by atoms with E-state index in [-0.39, 0.29) is 24.6 Å². The fourth-order valence-electron chi connectivity index (χ4n) is 2.58. The van der Waals surface area contributed by atoms with E-state index >= 15 is 0 Å². The van der Waals surface area contributed by atoms with Crippen LogP contribution in [0, 0.1) is 17.0 Å². The Bertz CT molecular complexity index is 862. The summed E-state index contributed by atoms with van der Waals surface area (Å²) in [5, 5.41) is 16.6. The van der Waals surface area contributed by atoms with Crippen LogP contribution in [0.25, 0.3) is 0 Å². The quantitative estimate of drug-likeness (QED) is 0.353. The van der Waals surface area contributed by atoms with E-state index in [1.54, 1.807) is 31.2 Å². The number of nitrogens with two attached hydrogens (primary N) is 1. The number of amidine groups is 1. The molecule has 2 rings (SSSR count). The first-order valence-corrected chi connectivity index (χ1v) is 8.73. The molecule has 1 amide bonds. The lowest BCUT2D eigenvalue weighted by Gasteiger charge is -2.23. The lowest BCUT2D eigenvalue weighted by Crippen LogP contribution is -2.30. The molecule has 1 atom stereocenters. The van der Waals surface area contributed by atoms with Crippen LogP contribution in [0.5, 0.6) is 0 Å². The van der Waals surface area contributed by atoms with Gasteiger partial charge >= 0.3 is 0 Å². The molecule has 0 bridgehead atoms. The largest absolute Gasteiger partial charge is 0.392 e. The lowest BCUT2D eigenvalue weighted by atomic mass is 10.0. The smallest absolute Gasteiger partial charge is 0.271 e. The van der Waals surface area contributed by atoms with Crippen molar-refractivity contribution in [2.24, 2.45) is 5.73 Å². The van der Waals surface area contributed by atoms with Crippen molar-refractivity contribution in [3.05, 3.63) is 70.3 Å². The maximum absolute atomic E-state index is 14.6. The number of amides is 1. The Kier molecular flexibility index (Phi) is 7.45. The molecule has 0 saturated heterocycles. The average Bonchev–Trinajstić information content (AvgIpc) is 2.67. The molecule has 0 aliphatic heterocycles. The van der Waals surface area contributed by atoms with Crippen LogP contribution in [0.4, 0.5) is 8.78 Å². The van der Waals surface area contributed by atoms with E-state index in [1.807, 2.05) is 0 Å². The van der Waals surface area contributed by atoms with Gasteiger partial charge in [-0.05, 0) is 18.6 Å². The summed E-state index contributed by atoms with van der Waals surface area (Å²) in [7, 11) is 0. The second-order valence-corrected chi connectivity index (χ2v) is 6.30. The van der Waals surface area contributed by atoms with Crippen LogP contribution >= 0.6 is 11.8 Å². The van der Waals surface area contributed by atoms with Crippen molar-refractivity contribution in [1.29, 1.82) is 5.41 Å². The second kappa shape index (κ2) is 9.59. The minimum absolute atomic E-state index is 0.0106. The predicted octanol–water partition coefficient (Wildman–Crippen LogP) is 3.00. The predicted molar refractivity (Wildman–Crippen MR) is 101 cm³/mol. The fourth-order valence-corrected chi connectivity index (χ4v) is 2.80. The molecule has 28 heavy (non-hydrogen) atoms. The van der Waals surface area contributed by atoms with Gasteiger partial charge in [-0.1, -0.05) is 30.3 Å². The summed E-state index contributed by atoms with van der Waals surface area (Å²) in [5.41, 5.74) is 5.76. The zero-order chi connectivity index (χ0) is 20.8. The number of aliphatic hydroxyl groups excluding tert-OH is 1. The van der Waals surface area contributed by atoms with Crippen molar-refractivity contribution in [2.75, 3.05) is 6.61 Å². The number of benzene rings is 2. The molecule has 0 aliphatic carbocycles. The first-order chi connectivity index (χ1) is 13.3. The molecule has 2 aromatic rings. The normalized spacial score (nSPS) is 11.9. The Morgan fingerprint density at radius 2 is 1.93 bits per heavy atom. The van der Waals surface area contributed by atoms with E-state index in [0.717, 1.165) is 16.6 Å². The second-order valence-electron chi connectivity index (χ2n) is 5.90. The molecule has 0 spiro atoms. The molecule has 1 unspecified atom stereocenters. The molecule has 0 aliphatic rings. The van der Waals surface area contributed by atoms with Crippen LogP contribution < -0.4 is 5.73 Å². The van der Waals surface area contributed by atoms with E-state index in [2.05, 4.69) is 0 Å². The molecule has 9 heteroatoms. The number of nitrogens with one attached hydrogen (secondary N) is 1. The minimum Gasteiger partial charge on any atom is -0.392 e. The Balaban J connectivity index is 2.28. The molecule has 6 nitrogen and oxygen atoms in total. The molecule has 0 heterocycles. The third-order valence-corrected chi connectivity index (χ3v) is 4.31. The number of carbonyl (C=O) groups is 1. The number of nitrogens with zero attached hydrogens (tertiary/aromatic N) is 1. The number of aliphatic hydroxyl groups is 1. The third kappa shape index (κ3) is 4.83. The zero-order valence-electron chi connectivity index (χ0n) is 15.1. The van der Waals surface area contributed by atoms with Crippen molar-refractivity contribution < 1.29 is 23.4 Å². The van der Waals surface area contributed by atoms with Crippen LogP contribution in [0.15, 0.2) is 36.4 Å². The van der Waals surface area contributed by atoms with Gasteiger partial charge in [-0.25, -0.2) is 13.2 Å². The third-order valence-electron chi connectivity index (χ3n) is 4.02. The molecule has 2 aromatic carbocycles. The highest BCUT2D eigenvalue weighted by Crippen LogP contribution is 2.29. The highest BCUT2D eigenvalue weighted by Gasteiger charge is 2.32. The molecule has 150 valence electrons. The number of hydrogen-bond acceptors (Lipinski definition) is 4. The van der Waals surface area contributed by atoms with E-state index in [9.17, 15) is 18.7 Å². The Morgan fingerprint density at radius 3 is 2.46 bits per heavy atom. The van der Waals surface area contributed by atoms with Gasteiger partial charge in [-0.2, -0.15) is 0 Å². The Morgan fingerprint density at radius 1 is 1.29 bits per heavy atom. The van der Waals surface area contributed by atoms with Gasteiger partial charge in [0, 0.05) is 29.5 Å². The van der Waals surface area contributed by atoms with Gasteiger partial charge in [0.1, 0.15) is 17.5 Å². The summed E-state index contributed by atoms with van der Waals surface area (Å²) < 4.78 is 34.9. The monoisotopic (exact) mass is 411 g/mol. The zero-order valence-corrected chi connectivity index (χ0v) is 15.8. The molecule has 0 saturated carbocycles. The number of nitrogen functional groups attached to an aromatic ring is 1. The Labute approximate surface area is 166 Å². The number of hydrogen-bond donors (Lipinski definition) is 3. The van der Waals surface area contributed by atoms with Gasteiger partial charge in [0.25, 0.3) is 5.91 Å². The van der Waals surface area contributed by atoms with Gasteiger partial charge < -0.3 is 15.6 Å². The van der Waals surface area contributed by atoms with E-state index in [4.69, 9.17) is 27.7 Å². The summed E-state index contributed by atoms with van der Waals surface area (Å²) in [4.78, 5) is 12.7. The molecule has 0 radical (unpaired) electrons. The number of ether oxygens (including phenoxy) is 1. The Hall–Kier alpha value is -2.55. The fraction of sp³-hybridized carbons (Fsp3) is 0.263. The highest BCUT2D eigenvalue weighted by atomic mass is 35.5. The van der Waals surface area contributed by atoms with Crippen molar-refractivity contribution in [3.63, 3.8) is 0 Å². The average molecular weight is 412 g/mol. The lowest BCUT2D eigenvalue weighted by molar-refractivity contribution is -0.139. The molecular formula is C19H20ClF2N3O3. The van der Waals surface area contributed by atoms with Gasteiger partial charge in [0.05, 0.1) is 18.7 Å². The van der Waals surface area contributed by atoms with Crippen molar-refractivity contribution in [3.8, 4) is 0 Å². The summed E-state index contributed by atoms with van der Waals surface area (Å²) in [6.07, 6.45) is -1.61. The molecule has 0 fully saturated rings. The SMILES string of the molecule is CCOC(C(=O)N(Cl)Cc1ccc(C(=N)N)cc1)c1c(F)ccc(CO)c1F. The minimum atomic E-state index is -1.61. The van der Waals surface area contributed by atoms with Gasteiger partial charge in [-0.3, -0.25) is 10.2 Å². The number of halogens is 3. The van der Waals surface area contributed by atoms with Crippen molar-refractivity contribution in [2.45, 2.75) is 26.2 Å². The van der Waals surface area contributed by atoms with Gasteiger partial charge in [-0.15, -0.1) is 0 Å². The summed E-state index contributed by atoms with van der Waals surface area (Å²) in [6.45, 7) is 0.867.